The van der Waals surface area contributed by atoms with Crippen LogP contribution in [-0.4, -0.2) is 16.6 Å². The molecule has 1 N–H and O–H groups in total. The van der Waals surface area contributed by atoms with Crippen molar-refractivity contribution in [3.63, 3.8) is 0 Å². The SMILES string of the molecule is CNCc1cc(Cn2ccnc2)oc1C. The second kappa shape index (κ2) is 4.31. The summed E-state index contributed by atoms with van der Waals surface area (Å²) in [4.78, 5) is 3.99. The van der Waals surface area contributed by atoms with Crippen LogP contribution in [0.3, 0.4) is 0 Å². The average Bonchev–Trinajstić information content (AvgIpc) is 2.79. The Hall–Kier alpha value is -1.55. The van der Waals surface area contributed by atoms with Gasteiger partial charge in [0.25, 0.3) is 0 Å². The van der Waals surface area contributed by atoms with Gasteiger partial charge in [0.2, 0.25) is 0 Å². The molecule has 4 nitrogen and oxygen atoms in total. The van der Waals surface area contributed by atoms with Crippen molar-refractivity contribution >= 4 is 0 Å². The third-order valence-corrected chi connectivity index (χ3v) is 2.34. The van der Waals surface area contributed by atoms with Crippen LogP contribution in [0.1, 0.15) is 17.1 Å². The molecular formula is C11H15N3O. The molecule has 4 heteroatoms. The summed E-state index contributed by atoms with van der Waals surface area (Å²) in [6.45, 7) is 3.58. The van der Waals surface area contributed by atoms with Crippen LogP contribution in [-0.2, 0) is 13.1 Å². The molecular weight excluding hydrogens is 190 g/mol. The first-order chi connectivity index (χ1) is 7.29. The fraction of sp³-hybridized carbons (Fsp3) is 0.364. The molecule has 0 unspecified atom stereocenters. The van der Waals surface area contributed by atoms with Gasteiger partial charge in [-0.2, -0.15) is 0 Å². The van der Waals surface area contributed by atoms with Gasteiger partial charge in [-0.05, 0) is 20.0 Å². The van der Waals surface area contributed by atoms with Crippen molar-refractivity contribution < 1.29 is 4.42 Å². The van der Waals surface area contributed by atoms with Gasteiger partial charge in [0.05, 0.1) is 12.9 Å². The standard InChI is InChI=1S/C11H15N3O/c1-9-10(6-12-2)5-11(15-9)7-14-4-3-13-8-14/h3-5,8,12H,6-7H2,1-2H3. The van der Waals surface area contributed by atoms with Gasteiger partial charge in [-0.15, -0.1) is 0 Å². The molecule has 0 bridgehead atoms. The van der Waals surface area contributed by atoms with E-state index in [2.05, 4.69) is 16.4 Å². The first-order valence-corrected chi connectivity index (χ1v) is 4.98. The summed E-state index contributed by atoms with van der Waals surface area (Å²) in [7, 11) is 1.93. The molecule has 0 aliphatic heterocycles. The number of aromatic nitrogens is 2. The van der Waals surface area contributed by atoms with Crippen molar-refractivity contribution in [2.75, 3.05) is 7.05 Å². The van der Waals surface area contributed by atoms with Gasteiger partial charge in [-0.1, -0.05) is 0 Å². The highest BCUT2D eigenvalue weighted by Gasteiger charge is 2.06. The largest absolute Gasteiger partial charge is 0.464 e. The van der Waals surface area contributed by atoms with Gasteiger partial charge in [-0.3, -0.25) is 0 Å². The Labute approximate surface area is 88.9 Å². The van der Waals surface area contributed by atoms with E-state index >= 15 is 0 Å². The third kappa shape index (κ3) is 2.27. The molecule has 0 amide bonds. The molecule has 15 heavy (non-hydrogen) atoms. The second-order valence-corrected chi connectivity index (χ2v) is 3.56. The molecule has 80 valence electrons. The Balaban J connectivity index is 2.12. The first-order valence-electron chi connectivity index (χ1n) is 4.98. The number of nitrogens with one attached hydrogen (secondary N) is 1. The maximum Gasteiger partial charge on any atom is 0.124 e. The van der Waals surface area contributed by atoms with E-state index in [0.29, 0.717) is 0 Å². The number of aryl methyl sites for hydroxylation is 1. The molecule has 0 fully saturated rings. The highest BCUT2D eigenvalue weighted by Crippen LogP contribution is 2.15. The van der Waals surface area contributed by atoms with Crippen molar-refractivity contribution in [3.8, 4) is 0 Å². The number of imidazole rings is 1. The van der Waals surface area contributed by atoms with Crippen molar-refractivity contribution in [2.45, 2.75) is 20.0 Å². The van der Waals surface area contributed by atoms with Gasteiger partial charge in [0, 0.05) is 24.5 Å². The molecule has 0 spiro atoms. The molecule has 2 aromatic heterocycles. The average molecular weight is 205 g/mol. The van der Waals surface area contributed by atoms with Gasteiger partial charge >= 0.3 is 0 Å². The summed E-state index contributed by atoms with van der Waals surface area (Å²) in [5, 5.41) is 3.12. The number of hydrogen-bond acceptors (Lipinski definition) is 3. The smallest absolute Gasteiger partial charge is 0.124 e. The number of furan rings is 1. The minimum atomic E-state index is 0.741. The second-order valence-electron chi connectivity index (χ2n) is 3.56. The number of rotatable bonds is 4. The first kappa shape index (κ1) is 9.98. The fourth-order valence-electron chi connectivity index (χ4n) is 1.59. The Morgan fingerprint density at radius 2 is 2.40 bits per heavy atom. The topological polar surface area (TPSA) is 43.0 Å². The maximum atomic E-state index is 5.65. The zero-order valence-corrected chi connectivity index (χ0v) is 9.03. The number of hydrogen-bond donors (Lipinski definition) is 1. The lowest BCUT2D eigenvalue weighted by molar-refractivity contribution is 0.467. The lowest BCUT2D eigenvalue weighted by atomic mass is 10.2. The molecule has 0 aliphatic rings. The van der Waals surface area contributed by atoms with Crippen molar-refractivity contribution in [2.24, 2.45) is 0 Å². The van der Waals surface area contributed by atoms with E-state index in [1.54, 1.807) is 12.5 Å². The van der Waals surface area contributed by atoms with Gasteiger partial charge in [-0.25, -0.2) is 4.98 Å². The summed E-state index contributed by atoms with van der Waals surface area (Å²) in [6.07, 6.45) is 5.48. The van der Waals surface area contributed by atoms with E-state index in [9.17, 15) is 0 Å². The highest BCUT2D eigenvalue weighted by molar-refractivity contribution is 5.20. The normalized spacial score (nSPS) is 10.8. The fourth-order valence-corrected chi connectivity index (χ4v) is 1.59. The molecule has 0 aromatic carbocycles. The Morgan fingerprint density at radius 3 is 3.07 bits per heavy atom. The zero-order chi connectivity index (χ0) is 10.7. The maximum absolute atomic E-state index is 5.65. The Kier molecular flexibility index (Phi) is 2.87. The van der Waals surface area contributed by atoms with Crippen LogP contribution in [0.2, 0.25) is 0 Å². The van der Waals surface area contributed by atoms with Crippen LogP contribution < -0.4 is 5.32 Å². The monoisotopic (exact) mass is 205 g/mol. The van der Waals surface area contributed by atoms with Gasteiger partial charge in [0.1, 0.15) is 11.5 Å². The summed E-state index contributed by atoms with van der Waals surface area (Å²) >= 11 is 0. The summed E-state index contributed by atoms with van der Waals surface area (Å²) in [5.41, 5.74) is 1.22. The van der Waals surface area contributed by atoms with Crippen LogP contribution in [0.25, 0.3) is 0 Å². The van der Waals surface area contributed by atoms with Crippen LogP contribution in [0.4, 0.5) is 0 Å². The minimum Gasteiger partial charge on any atom is -0.464 e. The van der Waals surface area contributed by atoms with E-state index in [1.165, 1.54) is 5.56 Å². The molecule has 2 rings (SSSR count). The van der Waals surface area contributed by atoms with Gasteiger partial charge in [0.15, 0.2) is 0 Å². The van der Waals surface area contributed by atoms with Crippen LogP contribution >= 0.6 is 0 Å². The summed E-state index contributed by atoms with van der Waals surface area (Å²) in [5.74, 6) is 1.95. The quantitative estimate of drug-likeness (QED) is 0.823. The molecule has 2 heterocycles. The molecule has 0 aliphatic carbocycles. The van der Waals surface area contributed by atoms with E-state index in [0.717, 1.165) is 24.6 Å². The van der Waals surface area contributed by atoms with E-state index < -0.39 is 0 Å². The molecule has 0 radical (unpaired) electrons. The molecule has 0 saturated carbocycles. The van der Waals surface area contributed by atoms with Crippen LogP contribution in [0.15, 0.2) is 29.2 Å². The third-order valence-electron chi connectivity index (χ3n) is 2.34. The van der Waals surface area contributed by atoms with Crippen molar-refractivity contribution in [1.82, 2.24) is 14.9 Å². The molecule has 2 aromatic rings. The van der Waals surface area contributed by atoms with E-state index in [1.807, 2.05) is 24.7 Å². The van der Waals surface area contributed by atoms with Crippen molar-refractivity contribution in [1.29, 1.82) is 0 Å². The Bertz CT molecular complexity index is 417. The van der Waals surface area contributed by atoms with E-state index in [-0.39, 0.29) is 0 Å². The number of nitrogens with zero attached hydrogens (tertiary/aromatic N) is 2. The van der Waals surface area contributed by atoms with Crippen LogP contribution in [0.5, 0.6) is 0 Å². The van der Waals surface area contributed by atoms with Gasteiger partial charge < -0.3 is 14.3 Å². The predicted molar refractivity (Wildman–Crippen MR) is 57.5 cm³/mol. The molecule has 0 atom stereocenters. The predicted octanol–water partition coefficient (Wildman–Crippen LogP) is 1.55. The summed E-state index contributed by atoms with van der Waals surface area (Å²) in [6, 6.07) is 2.09. The lowest BCUT2D eigenvalue weighted by Crippen LogP contribution is -2.04. The van der Waals surface area contributed by atoms with E-state index in [4.69, 9.17) is 4.42 Å². The molecule has 0 saturated heterocycles. The minimum absolute atomic E-state index is 0.741. The Morgan fingerprint density at radius 1 is 1.53 bits per heavy atom. The highest BCUT2D eigenvalue weighted by atomic mass is 16.3. The van der Waals surface area contributed by atoms with Crippen molar-refractivity contribution in [3.05, 3.63) is 41.9 Å². The van der Waals surface area contributed by atoms with Crippen LogP contribution in [0, 0.1) is 6.92 Å². The zero-order valence-electron chi connectivity index (χ0n) is 9.03. The lowest BCUT2D eigenvalue weighted by Gasteiger charge is -1.96. The summed E-state index contributed by atoms with van der Waals surface area (Å²) < 4.78 is 7.64.